The van der Waals surface area contributed by atoms with Crippen LogP contribution in [0.4, 0.5) is 4.39 Å². The van der Waals surface area contributed by atoms with Crippen molar-refractivity contribution >= 4 is 11.8 Å². The number of rotatable bonds is 3. The second kappa shape index (κ2) is 8.13. The highest BCUT2D eigenvalue weighted by Gasteiger charge is 2.25. The summed E-state index contributed by atoms with van der Waals surface area (Å²) in [5.41, 5.74) is 2.72. The van der Waals surface area contributed by atoms with Gasteiger partial charge in [0, 0.05) is 31.7 Å². The fourth-order valence-corrected chi connectivity index (χ4v) is 3.34. The smallest absolute Gasteiger partial charge is 0.253 e. The van der Waals surface area contributed by atoms with E-state index in [2.05, 4.69) is 20.8 Å². The number of halogens is 1. The Hall–Kier alpha value is -2.69. The lowest BCUT2D eigenvalue weighted by Gasteiger charge is -2.35. The van der Waals surface area contributed by atoms with Crippen LogP contribution in [0.15, 0.2) is 48.5 Å². The SMILES string of the molecule is CC(C)(C)c1ccc(C(=O)N2CCN(C(=O)Cc3ccc(F)cc3)CC2)cc1. The van der Waals surface area contributed by atoms with Crippen LogP contribution in [-0.2, 0) is 16.6 Å². The third kappa shape index (κ3) is 4.77. The number of carbonyl (C=O) groups is 2. The standard InChI is InChI=1S/C23H27FN2O2/c1-23(2,3)19-8-6-18(7-9-19)22(28)26-14-12-25(13-15-26)21(27)16-17-4-10-20(24)11-5-17/h4-11H,12-16H2,1-3H3. The van der Waals surface area contributed by atoms with Crippen LogP contribution in [0.1, 0.15) is 42.3 Å². The van der Waals surface area contributed by atoms with Crippen molar-refractivity contribution in [3.63, 3.8) is 0 Å². The van der Waals surface area contributed by atoms with E-state index in [0.29, 0.717) is 31.7 Å². The van der Waals surface area contributed by atoms with Gasteiger partial charge in [-0.3, -0.25) is 9.59 Å². The first-order valence-electron chi connectivity index (χ1n) is 9.66. The van der Waals surface area contributed by atoms with Crippen molar-refractivity contribution in [2.45, 2.75) is 32.6 Å². The molecule has 1 fully saturated rings. The van der Waals surface area contributed by atoms with E-state index >= 15 is 0 Å². The van der Waals surface area contributed by atoms with Gasteiger partial charge in [0.2, 0.25) is 5.91 Å². The first-order chi connectivity index (χ1) is 13.2. The first kappa shape index (κ1) is 20.1. The van der Waals surface area contributed by atoms with E-state index in [0.717, 1.165) is 5.56 Å². The van der Waals surface area contributed by atoms with Crippen molar-refractivity contribution in [1.29, 1.82) is 0 Å². The molecular weight excluding hydrogens is 355 g/mol. The third-order valence-electron chi connectivity index (χ3n) is 5.19. The summed E-state index contributed by atoms with van der Waals surface area (Å²) >= 11 is 0. The summed E-state index contributed by atoms with van der Waals surface area (Å²) in [5, 5.41) is 0. The number of nitrogens with zero attached hydrogens (tertiary/aromatic N) is 2. The number of carbonyl (C=O) groups excluding carboxylic acids is 2. The van der Waals surface area contributed by atoms with Gasteiger partial charge in [0.1, 0.15) is 5.82 Å². The highest BCUT2D eigenvalue weighted by atomic mass is 19.1. The molecule has 2 aromatic rings. The Morgan fingerprint density at radius 1 is 0.857 bits per heavy atom. The maximum absolute atomic E-state index is 13.0. The minimum atomic E-state index is -0.307. The van der Waals surface area contributed by atoms with Gasteiger partial charge in [0.15, 0.2) is 0 Å². The van der Waals surface area contributed by atoms with E-state index in [4.69, 9.17) is 0 Å². The molecule has 148 valence electrons. The molecule has 1 saturated heterocycles. The van der Waals surface area contributed by atoms with Gasteiger partial charge < -0.3 is 9.80 Å². The molecule has 4 nitrogen and oxygen atoms in total. The molecule has 2 amide bonds. The van der Waals surface area contributed by atoms with Gasteiger partial charge in [-0.15, -0.1) is 0 Å². The molecule has 0 aliphatic carbocycles. The second-order valence-corrected chi connectivity index (χ2v) is 8.30. The fraction of sp³-hybridized carbons (Fsp3) is 0.391. The molecule has 0 saturated carbocycles. The zero-order chi connectivity index (χ0) is 20.3. The van der Waals surface area contributed by atoms with Crippen LogP contribution in [0.2, 0.25) is 0 Å². The van der Waals surface area contributed by atoms with Gasteiger partial charge in [-0.2, -0.15) is 0 Å². The molecule has 3 rings (SSSR count). The summed E-state index contributed by atoms with van der Waals surface area (Å²) in [6, 6.07) is 13.8. The predicted molar refractivity (Wildman–Crippen MR) is 108 cm³/mol. The number of benzene rings is 2. The van der Waals surface area contributed by atoms with Crippen molar-refractivity contribution in [3.8, 4) is 0 Å². The maximum atomic E-state index is 13.0. The summed E-state index contributed by atoms with van der Waals surface area (Å²) in [6.07, 6.45) is 0.252. The molecule has 0 spiro atoms. The summed E-state index contributed by atoms with van der Waals surface area (Å²) in [6.45, 7) is 8.52. The highest BCUT2D eigenvalue weighted by molar-refractivity contribution is 5.94. The lowest BCUT2D eigenvalue weighted by atomic mass is 9.86. The average molecular weight is 382 g/mol. The summed E-state index contributed by atoms with van der Waals surface area (Å²) in [7, 11) is 0. The van der Waals surface area contributed by atoms with E-state index in [9.17, 15) is 14.0 Å². The number of amides is 2. The van der Waals surface area contributed by atoms with Gasteiger partial charge in [-0.1, -0.05) is 45.0 Å². The molecule has 0 bridgehead atoms. The van der Waals surface area contributed by atoms with Crippen molar-refractivity contribution in [2.24, 2.45) is 0 Å². The largest absolute Gasteiger partial charge is 0.339 e. The Balaban J connectivity index is 1.55. The molecule has 1 heterocycles. The van der Waals surface area contributed by atoms with Crippen LogP contribution in [0, 0.1) is 5.82 Å². The Bertz CT molecular complexity index is 830. The molecule has 0 aromatic heterocycles. The van der Waals surface area contributed by atoms with Crippen LogP contribution in [0.25, 0.3) is 0 Å². The summed E-state index contributed by atoms with van der Waals surface area (Å²) in [4.78, 5) is 28.8. The normalized spacial score (nSPS) is 14.9. The molecule has 0 radical (unpaired) electrons. The quantitative estimate of drug-likeness (QED) is 0.813. The summed E-state index contributed by atoms with van der Waals surface area (Å²) in [5.74, 6) is -0.293. The fourth-order valence-electron chi connectivity index (χ4n) is 3.34. The van der Waals surface area contributed by atoms with Crippen LogP contribution in [-0.4, -0.2) is 47.8 Å². The second-order valence-electron chi connectivity index (χ2n) is 8.30. The molecule has 0 N–H and O–H groups in total. The predicted octanol–water partition coefficient (Wildman–Crippen LogP) is 3.65. The lowest BCUT2D eigenvalue weighted by Crippen LogP contribution is -2.51. The van der Waals surface area contributed by atoms with E-state index in [-0.39, 0.29) is 29.5 Å². The molecule has 2 aromatic carbocycles. The van der Waals surface area contributed by atoms with Gasteiger partial charge in [0.05, 0.1) is 6.42 Å². The molecule has 5 heteroatoms. The Kier molecular flexibility index (Phi) is 5.82. The van der Waals surface area contributed by atoms with Gasteiger partial charge in [-0.05, 0) is 40.8 Å². The number of hydrogen-bond donors (Lipinski definition) is 0. The lowest BCUT2D eigenvalue weighted by molar-refractivity contribution is -0.131. The molecular formula is C23H27FN2O2. The van der Waals surface area contributed by atoms with Gasteiger partial charge in [-0.25, -0.2) is 4.39 Å². The third-order valence-corrected chi connectivity index (χ3v) is 5.19. The van der Waals surface area contributed by atoms with E-state index in [1.807, 2.05) is 24.3 Å². The van der Waals surface area contributed by atoms with Crippen molar-refractivity contribution in [2.75, 3.05) is 26.2 Å². The molecule has 0 atom stereocenters. The van der Waals surface area contributed by atoms with Gasteiger partial charge in [0.25, 0.3) is 5.91 Å². The zero-order valence-electron chi connectivity index (χ0n) is 16.7. The van der Waals surface area contributed by atoms with Gasteiger partial charge >= 0.3 is 0 Å². The maximum Gasteiger partial charge on any atom is 0.253 e. The monoisotopic (exact) mass is 382 g/mol. The van der Waals surface area contributed by atoms with E-state index < -0.39 is 0 Å². The molecule has 28 heavy (non-hydrogen) atoms. The van der Waals surface area contributed by atoms with Crippen LogP contribution >= 0.6 is 0 Å². The van der Waals surface area contributed by atoms with Crippen molar-refractivity contribution in [3.05, 3.63) is 71.0 Å². The number of hydrogen-bond acceptors (Lipinski definition) is 2. The molecule has 1 aliphatic rings. The van der Waals surface area contributed by atoms with Crippen molar-refractivity contribution < 1.29 is 14.0 Å². The average Bonchev–Trinajstić information content (AvgIpc) is 2.69. The van der Waals surface area contributed by atoms with E-state index in [1.165, 1.54) is 17.7 Å². The van der Waals surface area contributed by atoms with Crippen LogP contribution in [0.3, 0.4) is 0 Å². The Morgan fingerprint density at radius 3 is 1.93 bits per heavy atom. The first-order valence-corrected chi connectivity index (χ1v) is 9.66. The summed E-state index contributed by atoms with van der Waals surface area (Å²) < 4.78 is 13.0. The molecule has 0 unspecified atom stereocenters. The minimum Gasteiger partial charge on any atom is -0.339 e. The van der Waals surface area contributed by atoms with Crippen LogP contribution in [0.5, 0.6) is 0 Å². The minimum absolute atomic E-state index is 0.00564. The van der Waals surface area contributed by atoms with Crippen molar-refractivity contribution in [1.82, 2.24) is 9.80 Å². The molecule has 1 aliphatic heterocycles. The Labute approximate surface area is 166 Å². The van der Waals surface area contributed by atoms with E-state index in [1.54, 1.807) is 21.9 Å². The highest BCUT2D eigenvalue weighted by Crippen LogP contribution is 2.22. The Morgan fingerprint density at radius 2 is 1.39 bits per heavy atom. The zero-order valence-corrected chi connectivity index (χ0v) is 16.7. The number of piperazine rings is 1. The van der Waals surface area contributed by atoms with Crippen LogP contribution < -0.4 is 0 Å². The topological polar surface area (TPSA) is 40.6 Å².